The van der Waals surface area contributed by atoms with E-state index in [0.29, 0.717) is 10.6 Å². The molecule has 0 unspecified atom stereocenters. The monoisotopic (exact) mass is 312 g/mol. The molecule has 3 rings (SSSR count). The lowest BCUT2D eigenvalue weighted by Crippen LogP contribution is -2.12. The molecule has 1 heterocycles. The van der Waals surface area contributed by atoms with Gasteiger partial charge in [0.15, 0.2) is 0 Å². The third kappa shape index (κ3) is 2.81. The molecule has 112 valence electrons. The Morgan fingerprint density at radius 2 is 1.95 bits per heavy atom. The van der Waals surface area contributed by atoms with Gasteiger partial charge in [0.1, 0.15) is 17.7 Å². The molecule has 0 amide bonds. The minimum absolute atomic E-state index is 0.0499. The van der Waals surface area contributed by atoms with Crippen LogP contribution in [-0.4, -0.2) is 17.5 Å². The van der Waals surface area contributed by atoms with Crippen LogP contribution in [0.3, 0.4) is 0 Å². The lowest BCUT2D eigenvalue weighted by Gasteiger charge is -2.18. The molecule has 0 aliphatic rings. The van der Waals surface area contributed by atoms with Crippen molar-refractivity contribution in [3.05, 3.63) is 65.0 Å². The molecule has 2 aromatic carbocycles. The summed E-state index contributed by atoms with van der Waals surface area (Å²) in [5.41, 5.74) is 6.48. The van der Waals surface area contributed by atoms with Gasteiger partial charge < -0.3 is 15.6 Å². The van der Waals surface area contributed by atoms with Crippen LogP contribution in [0.4, 0.5) is 0 Å². The summed E-state index contributed by atoms with van der Waals surface area (Å²) < 4.78 is 7.01. The first-order chi connectivity index (χ1) is 10.7. The topological polar surface area (TPSA) is 79.3 Å². The highest BCUT2D eigenvalue weighted by Gasteiger charge is 2.15. The minimum atomic E-state index is -0.424. The maximum Gasteiger partial charge on any atom is 0.147 e. The van der Waals surface area contributed by atoms with Crippen LogP contribution in [-0.2, 0) is 0 Å². The van der Waals surface area contributed by atoms with Crippen LogP contribution in [0.5, 0.6) is 5.75 Å². The zero-order valence-electron chi connectivity index (χ0n) is 11.8. The molecule has 5 heteroatoms. The number of rotatable bonds is 5. The highest BCUT2D eigenvalue weighted by molar-refractivity contribution is 7.20. The molecular weight excluding hydrogens is 296 g/mol. The summed E-state index contributed by atoms with van der Waals surface area (Å²) in [5, 5.41) is 18.1. The fourth-order valence-corrected chi connectivity index (χ4v) is 3.24. The molecule has 4 nitrogen and oxygen atoms in total. The molecule has 22 heavy (non-hydrogen) atoms. The van der Waals surface area contributed by atoms with Crippen LogP contribution in [0.1, 0.15) is 16.5 Å². The average Bonchev–Trinajstić information content (AvgIpc) is 2.98. The van der Waals surface area contributed by atoms with Crippen molar-refractivity contribution in [1.82, 2.24) is 0 Å². The summed E-state index contributed by atoms with van der Waals surface area (Å²) in [7, 11) is 0. The van der Waals surface area contributed by atoms with Gasteiger partial charge in [0.05, 0.1) is 11.5 Å². The number of hydrogen-bond donors (Lipinski definition) is 3. The lowest BCUT2D eigenvalue weighted by atomic mass is 10.1. The Hall–Kier alpha value is -2.37. The number of nitrogen functional groups attached to an aromatic ring is 1. The Bertz CT molecular complexity index is 799. The SMILES string of the molecule is N=C(N)c1cc2c(O[C@H](CO)c3ccccc3)cccc2s1. The van der Waals surface area contributed by atoms with Crippen molar-refractivity contribution < 1.29 is 9.84 Å². The van der Waals surface area contributed by atoms with Gasteiger partial charge in [-0.3, -0.25) is 5.41 Å². The molecule has 4 N–H and O–H groups in total. The Kier molecular flexibility index (Phi) is 4.09. The Morgan fingerprint density at radius 3 is 2.64 bits per heavy atom. The Balaban J connectivity index is 1.97. The highest BCUT2D eigenvalue weighted by Crippen LogP contribution is 2.34. The third-order valence-corrected chi connectivity index (χ3v) is 4.53. The second kappa shape index (κ2) is 6.17. The first kappa shape index (κ1) is 14.6. The average molecular weight is 312 g/mol. The summed E-state index contributed by atoms with van der Waals surface area (Å²) in [5.74, 6) is 0.734. The number of amidine groups is 1. The second-order valence-electron chi connectivity index (χ2n) is 4.89. The molecule has 0 bridgehead atoms. The molecule has 1 atom stereocenters. The van der Waals surface area contributed by atoms with E-state index in [1.54, 1.807) is 0 Å². The number of ether oxygens (including phenoxy) is 1. The number of aliphatic hydroxyl groups excluding tert-OH is 1. The van der Waals surface area contributed by atoms with Crippen LogP contribution in [0.2, 0.25) is 0 Å². The quantitative estimate of drug-likeness (QED) is 0.499. The van der Waals surface area contributed by atoms with Gasteiger partial charge in [0.25, 0.3) is 0 Å². The number of fused-ring (bicyclic) bond motifs is 1. The predicted molar refractivity (Wildman–Crippen MR) is 89.7 cm³/mol. The fourth-order valence-electron chi connectivity index (χ4n) is 2.30. The van der Waals surface area contributed by atoms with Crippen LogP contribution in [0.25, 0.3) is 10.1 Å². The lowest BCUT2D eigenvalue weighted by molar-refractivity contribution is 0.118. The molecule has 0 spiro atoms. The normalized spacial score (nSPS) is 12.2. The van der Waals surface area contributed by atoms with Crippen molar-refractivity contribution in [3.8, 4) is 5.75 Å². The maximum absolute atomic E-state index is 9.63. The van der Waals surface area contributed by atoms with Gasteiger partial charge >= 0.3 is 0 Å². The Labute approximate surface area is 132 Å². The van der Waals surface area contributed by atoms with Crippen LogP contribution < -0.4 is 10.5 Å². The highest BCUT2D eigenvalue weighted by atomic mass is 32.1. The zero-order chi connectivity index (χ0) is 15.5. The van der Waals surface area contributed by atoms with E-state index in [1.807, 2.05) is 54.6 Å². The van der Waals surface area contributed by atoms with E-state index < -0.39 is 6.10 Å². The second-order valence-corrected chi connectivity index (χ2v) is 5.98. The molecule has 0 radical (unpaired) electrons. The molecule has 0 aliphatic carbocycles. The van der Waals surface area contributed by atoms with E-state index in [9.17, 15) is 5.11 Å². The molecule has 0 aliphatic heterocycles. The van der Waals surface area contributed by atoms with Gasteiger partial charge in [0, 0.05) is 10.1 Å². The maximum atomic E-state index is 9.63. The smallest absolute Gasteiger partial charge is 0.147 e. The van der Waals surface area contributed by atoms with Crippen molar-refractivity contribution >= 4 is 27.3 Å². The van der Waals surface area contributed by atoms with Gasteiger partial charge in [-0.1, -0.05) is 36.4 Å². The van der Waals surface area contributed by atoms with Gasteiger partial charge in [-0.25, -0.2) is 0 Å². The van der Waals surface area contributed by atoms with Crippen molar-refractivity contribution in [3.63, 3.8) is 0 Å². The van der Waals surface area contributed by atoms with Crippen molar-refractivity contribution in [2.45, 2.75) is 6.10 Å². The molecular formula is C17H16N2O2S. The fraction of sp³-hybridized carbons (Fsp3) is 0.118. The van der Waals surface area contributed by atoms with E-state index in [-0.39, 0.29) is 12.4 Å². The van der Waals surface area contributed by atoms with Crippen LogP contribution >= 0.6 is 11.3 Å². The van der Waals surface area contributed by atoms with E-state index in [4.69, 9.17) is 15.9 Å². The first-order valence-electron chi connectivity index (χ1n) is 6.88. The van der Waals surface area contributed by atoms with E-state index in [1.165, 1.54) is 11.3 Å². The Morgan fingerprint density at radius 1 is 1.18 bits per heavy atom. The van der Waals surface area contributed by atoms with E-state index >= 15 is 0 Å². The van der Waals surface area contributed by atoms with Crippen LogP contribution in [0, 0.1) is 5.41 Å². The third-order valence-electron chi connectivity index (χ3n) is 3.39. The molecule has 1 aromatic heterocycles. The van der Waals surface area contributed by atoms with Gasteiger partial charge in [-0.05, 0) is 23.8 Å². The number of benzene rings is 2. The molecule has 3 aromatic rings. The predicted octanol–water partition coefficient (Wildman–Crippen LogP) is 3.30. The summed E-state index contributed by atoms with van der Waals surface area (Å²) >= 11 is 1.46. The summed E-state index contributed by atoms with van der Waals surface area (Å²) in [6.45, 7) is -0.107. The number of hydrogen-bond acceptors (Lipinski definition) is 4. The summed E-state index contributed by atoms with van der Waals surface area (Å²) in [4.78, 5) is 0.714. The van der Waals surface area contributed by atoms with Gasteiger partial charge in [-0.15, -0.1) is 11.3 Å². The number of nitrogens with two attached hydrogens (primary N) is 1. The van der Waals surface area contributed by atoms with Crippen molar-refractivity contribution in [2.24, 2.45) is 5.73 Å². The van der Waals surface area contributed by atoms with Crippen molar-refractivity contribution in [1.29, 1.82) is 5.41 Å². The number of aliphatic hydroxyl groups is 1. The number of nitrogens with one attached hydrogen (secondary N) is 1. The largest absolute Gasteiger partial charge is 0.483 e. The molecule has 0 saturated carbocycles. The zero-order valence-corrected chi connectivity index (χ0v) is 12.6. The van der Waals surface area contributed by atoms with E-state index in [2.05, 4.69) is 0 Å². The number of thiophene rings is 1. The van der Waals surface area contributed by atoms with Gasteiger partial charge in [0.2, 0.25) is 0 Å². The minimum Gasteiger partial charge on any atom is -0.483 e. The van der Waals surface area contributed by atoms with Gasteiger partial charge in [-0.2, -0.15) is 0 Å². The van der Waals surface area contributed by atoms with Crippen molar-refractivity contribution in [2.75, 3.05) is 6.61 Å². The standard InChI is InChI=1S/C17H16N2O2S/c18-17(19)16-9-12-13(7-4-8-15(12)22-16)21-14(10-20)11-5-2-1-3-6-11/h1-9,14,20H,10H2,(H3,18,19)/t14-/m1/s1. The molecule has 0 saturated heterocycles. The van der Waals surface area contributed by atoms with Crippen LogP contribution in [0.15, 0.2) is 54.6 Å². The molecule has 0 fully saturated rings. The first-order valence-corrected chi connectivity index (χ1v) is 7.70. The van der Waals surface area contributed by atoms with E-state index in [0.717, 1.165) is 15.6 Å². The summed E-state index contributed by atoms with van der Waals surface area (Å²) in [6, 6.07) is 17.2. The summed E-state index contributed by atoms with van der Waals surface area (Å²) in [6.07, 6.45) is -0.424.